The number of ether oxygens (including phenoxy) is 1. The van der Waals surface area contributed by atoms with Crippen LogP contribution in [0.25, 0.3) is 6.08 Å². The molecule has 0 atom stereocenters. The third kappa shape index (κ3) is 2.75. The lowest BCUT2D eigenvalue weighted by molar-refractivity contribution is -0.109. The molecule has 0 N–H and O–H groups in total. The van der Waals surface area contributed by atoms with Crippen molar-refractivity contribution >= 4 is 12.4 Å². The van der Waals surface area contributed by atoms with Gasteiger partial charge in [-0.2, -0.15) is 0 Å². The molecule has 1 aromatic carbocycles. The molecule has 0 fully saturated rings. The Bertz CT molecular complexity index is 303. The Morgan fingerprint density at radius 1 is 1.38 bits per heavy atom. The van der Waals surface area contributed by atoms with Crippen LogP contribution in [0.4, 0.5) is 0 Å². The van der Waals surface area contributed by atoms with Gasteiger partial charge in [0.1, 0.15) is 12.4 Å². The molecule has 0 amide bonds. The molecule has 0 saturated heterocycles. The standard InChI is InChI=1S/C11H12O2/c1-2-5-10-6-3-4-7-11(10)13-9-8-12/h2-8H,9H2,1H3. The van der Waals surface area contributed by atoms with Gasteiger partial charge in [0, 0.05) is 5.56 Å². The molecule has 1 aromatic rings. The van der Waals surface area contributed by atoms with Crippen molar-refractivity contribution in [1.82, 2.24) is 0 Å². The lowest BCUT2D eigenvalue weighted by Crippen LogP contribution is -1.98. The quantitative estimate of drug-likeness (QED) is 0.658. The summed E-state index contributed by atoms with van der Waals surface area (Å²) in [7, 11) is 0. The molecule has 0 bridgehead atoms. The zero-order chi connectivity index (χ0) is 9.52. The zero-order valence-corrected chi connectivity index (χ0v) is 7.57. The van der Waals surface area contributed by atoms with Crippen LogP contribution in [-0.4, -0.2) is 12.9 Å². The number of carbonyl (C=O) groups excluding carboxylic acids is 1. The van der Waals surface area contributed by atoms with Crippen molar-refractivity contribution in [2.24, 2.45) is 0 Å². The van der Waals surface area contributed by atoms with Gasteiger partial charge in [0.25, 0.3) is 0 Å². The van der Waals surface area contributed by atoms with Crippen LogP contribution in [0.5, 0.6) is 5.75 Å². The highest BCUT2D eigenvalue weighted by Crippen LogP contribution is 2.18. The Hall–Kier alpha value is -1.57. The summed E-state index contributed by atoms with van der Waals surface area (Å²) >= 11 is 0. The average Bonchev–Trinajstić information content (AvgIpc) is 2.17. The minimum atomic E-state index is 0.106. The molecule has 0 aliphatic carbocycles. The highest BCUT2D eigenvalue weighted by molar-refractivity contribution is 5.58. The number of aldehydes is 1. The maximum Gasteiger partial charge on any atom is 0.157 e. The highest BCUT2D eigenvalue weighted by Gasteiger charge is 1.97. The Morgan fingerprint density at radius 3 is 2.85 bits per heavy atom. The number of carbonyl (C=O) groups is 1. The van der Waals surface area contributed by atoms with Crippen LogP contribution in [-0.2, 0) is 4.79 Å². The van der Waals surface area contributed by atoms with Crippen molar-refractivity contribution in [3.8, 4) is 5.75 Å². The van der Waals surface area contributed by atoms with Gasteiger partial charge in [0.2, 0.25) is 0 Å². The van der Waals surface area contributed by atoms with Crippen molar-refractivity contribution in [2.75, 3.05) is 6.61 Å². The molecule has 0 radical (unpaired) electrons. The van der Waals surface area contributed by atoms with Gasteiger partial charge in [-0.1, -0.05) is 30.4 Å². The molecule has 2 heteroatoms. The lowest BCUT2D eigenvalue weighted by Gasteiger charge is -2.04. The number of allylic oxidation sites excluding steroid dienone is 1. The first-order chi connectivity index (χ1) is 6.38. The molecule has 2 nitrogen and oxygen atoms in total. The van der Waals surface area contributed by atoms with Gasteiger partial charge in [-0.3, -0.25) is 4.79 Å². The summed E-state index contributed by atoms with van der Waals surface area (Å²) in [5.74, 6) is 0.743. The van der Waals surface area contributed by atoms with Crippen molar-refractivity contribution in [3.63, 3.8) is 0 Å². The van der Waals surface area contributed by atoms with E-state index in [1.54, 1.807) is 0 Å². The van der Waals surface area contributed by atoms with Gasteiger partial charge in [-0.05, 0) is 13.0 Å². The summed E-state index contributed by atoms with van der Waals surface area (Å²) < 4.78 is 5.22. The second kappa shape index (κ2) is 5.14. The smallest absolute Gasteiger partial charge is 0.157 e. The van der Waals surface area contributed by atoms with Crippen molar-refractivity contribution in [2.45, 2.75) is 6.92 Å². The number of para-hydroxylation sites is 1. The Labute approximate surface area is 77.8 Å². The predicted octanol–water partition coefficient (Wildman–Crippen LogP) is 2.30. The summed E-state index contributed by atoms with van der Waals surface area (Å²) in [6, 6.07) is 7.61. The SMILES string of the molecule is CC=Cc1ccccc1OCC=O. The van der Waals surface area contributed by atoms with Gasteiger partial charge >= 0.3 is 0 Å². The van der Waals surface area contributed by atoms with Crippen LogP contribution in [0.15, 0.2) is 30.3 Å². The van der Waals surface area contributed by atoms with Crippen molar-refractivity contribution in [3.05, 3.63) is 35.9 Å². The summed E-state index contributed by atoms with van der Waals surface area (Å²) in [6.07, 6.45) is 4.62. The maximum absolute atomic E-state index is 10.1. The Morgan fingerprint density at radius 2 is 2.15 bits per heavy atom. The predicted molar refractivity (Wildman–Crippen MR) is 52.7 cm³/mol. The largest absolute Gasteiger partial charge is 0.486 e. The van der Waals surface area contributed by atoms with Gasteiger partial charge in [0.15, 0.2) is 6.29 Å². The van der Waals surface area contributed by atoms with Crippen molar-refractivity contribution in [1.29, 1.82) is 0 Å². The van der Waals surface area contributed by atoms with E-state index in [9.17, 15) is 4.79 Å². The monoisotopic (exact) mass is 176 g/mol. The molecular weight excluding hydrogens is 164 g/mol. The van der Waals surface area contributed by atoms with Gasteiger partial charge in [-0.15, -0.1) is 0 Å². The van der Waals surface area contributed by atoms with Crippen LogP contribution < -0.4 is 4.74 Å². The number of hydrogen-bond acceptors (Lipinski definition) is 2. The normalized spacial score (nSPS) is 10.2. The lowest BCUT2D eigenvalue weighted by atomic mass is 10.2. The average molecular weight is 176 g/mol. The van der Waals surface area contributed by atoms with E-state index in [4.69, 9.17) is 4.74 Å². The Balaban J connectivity index is 2.83. The van der Waals surface area contributed by atoms with E-state index in [-0.39, 0.29) is 6.61 Å². The van der Waals surface area contributed by atoms with Gasteiger partial charge in [-0.25, -0.2) is 0 Å². The second-order valence-electron chi connectivity index (χ2n) is 2.52. The summed E-state index contributed by atoms with van der Waals surface area (Å²) in [5.41, 5.74) is 0.992. The number of hydrogen-bond donors (Lipinski definition) is 0. The maximum atomic E-state index is 10.1. The highest BCUT2D eigenvalue weighted by atomic mass is 16.5. The molecule has 0 saturated carbocycles. The van der Waals surface area contributed by atoms with Crippen LogP contribution in [0.3, 0.4) is 0 Å². The van der Waals surface area contributed by atoms with Crippen LogP contribution >= 0.6 is 0 Å². The summed E-state index contributed by atoms with van der Waals surface area (Å²) in [4.78, 5) is 10.1. The third-order valence-electron chi connectivity index (χ3n) is 1.57. The molecule has 0 aliphatic heterocycles. The molecule has 0 aromatic heterocycles. The van der Waals surface area contributed by atoms with E-state index in [1.165, 1.54) is 0 Å². The fourth-order valence-electron chi connectivity index (χ4n) is 1.05. The minimum Gasteiger partial charge on any atom is -0.486 e. The fourth-order valence-corrected chi connectivity index (χ4v) is 1.05. The number of rotatable bonds is 4. The van der Waals surface area contributed by atoms with E-state index in [0.717, 1.165) is 17.6 Å². The van der Waals surface area contributed by atoms with E-state index < -0.39 is 0 Å². The minimum absolute atomic E-state index is 0.106. The summed E-state index contributed by atoms with van der Waals surface area (Å²) in [5, 5.41) is 0. The Kier molecular flexibility index (Phi) is 3.76. The van der Waals surface area contributed by atoms with Crippen LogP contribution in [0.1, 0.15) is 12.5 Å². The van der Waals surface area contributed by atoms with E-state index in [2.05, 4.69) is 0 Å². The van der Waals surface area contributed by atoms with Crippen LogP contribution in [0, 0.1) is 0 Å². The van der Waals surface area contributed by atoms with Gasteiger partial charge in [0.05, 0.1) is 0 Å². The summed E-state index contributed by atoms with van der Waals surface area (Å²) in [6.45, 7) is 2.05. The molecule has 0 spiro atoms. The molecular formula is C11H12O2. The van der Waals surface area contributed by atoms with Gasteiger partial charge < -0.3 is 4.74 Å². The van der Waals surface area contributed by atoms with Crippen molar-refractivity contribution < 1.29 is 9.53 Å². The zero-order valence-electron chi connectivity index (χ0n) is 7.57. The third-order valence-corrected chi connectivity index (χ3v) is 1.57. The first-order valence-electron chi connectivity index (χ1n) is 4.16. The topological polar surface area (TPSA) is 26.3 Å². The molecule has 68 valence electrons. The second-order valence-corrected chi connectivity index (χ2v) is 2.52. The fraction of sp³-hybridized carbons (Fsp3) is 0.182. The molecule has 0 heterocycles. The molecule has 13 heavy (non-hydrogen) atoms. The number of benzene rings is 1. The van der Waals surface area contributed by atoms with Crippen LogP contribution in [0.2, 0.25) is 0 Å². The molecule has 0 aliphatic rings. The molecule has 1 rings (SSSR count). The first-order valence-corrected chi connectivity index (χ1v) is 4.16. The molecule has 0 unspecified atom stereocenters. The van der Waals surface area contributed by atoms with E-state index >= 15 is 0 Å². The first kappa shape index (κ1) is 9.52. The van der Waals surface area contributed by atoms with E-state index in [1.807, 2.05) is 43.3 Å². The van der Waals surface area contributed by atoms with E-state index in [0.29, 0.717) is 0 Å².